The maximum absolute atomic E-state index is 10.5. The van der Waals surface area contributed by atoms with Gasteiger partial charge in [-0.2, -0.15) is 0 Å². The van der Waals surface area contributed by atoms with E-state index in [1.54, 1.807) is 0 Å². The van der Waals surface area contributed by atoms with Crippen molar-refractivity contribution in [2.24, 2.45) is 5.73 Å². The second kappa shape index (κ2) is 5.80. The Bertz CT molecular complexity index is 433. The number of carbonyl (C=O) groups excluding carboxylic acids is 1. The number of primary amides is 1. The summed E-state index contributed by atoms with van der Waals surface area (Å²) in [6.07, 6.45) is 0.0435. The zero-order valence-electron chi connectivity index (χ0n) is 8.96. The third-order valence-corrected chi connectivity index (χ3v) is 2.03. The molecule has 0 saturated heterocycles. The largest absolute Gasteiger partial charge is 0.493 e. The number of nitro benzene ring substituents is 1. The van der Waals surface area contributed by atoms with Crippen LogP contribution in [-0.4, -0.2) is 22.5 Å². The molecule has 0 saturated carbocycles. The van der Waals surface area contributed by atoms with E-state index in [4.69, 9.17) is 15.6 Å². The molecule has 0 aliphatic rings. The van der Waals surface area contributed by atoms with Crippen LogP contribution in [0.5, 0.6) is 5.75 Å². The van der Waals surface area contributed by atoms with Crippen LogP contribution < -0.4 is 10.5 Å². The van der Waals surface area contributed by atoms with E-state index in [2.05, 4.69) is 0 Å². The lowest BCUT2D eigenvalue weighted by Gasteiger charge is -2.08. The molecule has 0 atom stereocenters. The number of benzene rings is 1. The van der Waals surface area contributed by atoms with E-state index in [0.29, 0.717) is 11.3 Å². The molecule has 0 spiro atoms. The zero-order valence-corrected chi connectivity index (χ0v) is 8.96. The second-order valence-corrected chi connectivity index (χ2v) is 3.27. The normalized spacial score (nSPS) is 9.94. The van der Waals surface area contributed by atoms with Gasteiger partial charge >= 0.3 is 0 Å². The van der Waals surface area contributed by atoms with Crippen LogP contribution in [0, 0.1) is 10.1 Å². The van der Waals surface area contributed by atoms with Crippen molar-refractivity contribution in [2.75, 3.05) is 6.61 Å². The summed E-state index contributed by atoms with van der Waals surface area (Å²) in [5.74, 6) is -0.197. The van der Waals surface area contributed by atoms with Gasteiger partial charge in [0.25, 0.3) is 5.69 Å². The Kier molecular flexibility index (Phi) is 4.41. The van der Waals surface area contributed by atoms with E-state index < -0.39 is 10.8 Å². The van der Waals surface area contributed by atoms with Crippen molar-refractivity contribution in [1.82, 2.24) is 0 Å². The van der Waals surface area contributed by atoms with Gasteiger partial charge in [0.2, 0.25) is 5.91 Å². The molecular weight excluding hydrogens is 228 g/mol. The topological polar surface area (TPSA) is 116 Å². The van der Waals surface area contributed by atoms with Crippen molar-refractivity contribution in [1.29, 1.82) is 0 Å². The van der Waals surface area contributed by atoms with Crippen molar-refractivity contribution in [3.63, 3.8) is 0 Å². The third-order valence-electron chi connectivity index (χ3n) is 2.03. The number of ether oxygens (including phenoxy) is 1. The van der Waals surface area contributed by atoms with Gasteiger partial charge in [-0.1, -0.05) is 0 Å². The number of non-ortho nitro benzene ring substituents is 1. The number of rotatable bonds is 6. The number of amides is 1. The predicted octanol–water partition coefficient (Wildman–Crippen LogP) is 0.341. The van der Waals surface area contributed by atoms with Gasteiger partial charge in [0.1, 0.15) is 5.75 Å². The molecule has 0 aliphatic heterocycles. The summed E-state index contributed by atoms with van der Waals surface area (Å²) in [5, 5.41) is 19.5. The molecule has 0 heterocycles. The molecule has 0 aliphatic carbocycles. The third kappa shape index (κ3) is 3.72. The standard InChI is InChI=1S/C10H12N2O5/c11-10(14)3-4-17-9-2-1-8(12(15)16)5-7(9)6-13/h1-2,5,13H,3-4,6H2,(H2,11,14). The molecule has 92 valence electrons. The first-order chi connectivity index (χ1) is 8.04. The number of nitrogens with zero attached hydrogens (tertiary/aromatic N) is 1. The SMILES string of the molecule is NC(=O)CCOc1ccc([N+](=O)[O-])cc1CO. The number of carbonyl (C=O) groups is 1. The first-order valence-corrected chi connectivity index (χ1v) is 4.84. The van der Waals surface area contributed by atoms with Crippen LogP contribution in [0.3, 0.4) is 0 Å². The summed E-state index contributed by atoms with van der Waals surface area (Å²) in [6, 6.07) is 3.86. The quantitative estimate of drug-likeness (QED) is 0.549. The van der Waals surface area contributed by atoms with Gasteiger partial charge in [0, 0.05) is 17.7 Å². The Morgan fingerprint density at radius 2 is 2.24 bits per heavy atom. The van der Waals surface area contributed by atoms with E-state index >= 15 is 0 Å². The van der Waals surface area contributed by atoms with Crippen LogP contribution in [0.25, 0.3) is 0 Å². The van der Waals surface area contributed by atoms with Gasteiger partial charge in [0.05, 0.1) is 24.6 Å². The fourth-order valence-corrected chi connectivity index (χ4v) is 1.21. The number of aliphatic hydroxyl groups is 1. The Balaban J connectivity index is 2.78. The van der Waals surface area contributed by atoms with Gasteiger partial charge in [-0.25, -0.2) is 0 Å². The van der Waals surface area contributed by atoms with Crippen molar-refractivity contribution in [3.8, 4) is 5.75 Å². The summed E-state index contributed by atoms with van der Waals surface area (Å²) < 4.78 is 5.19. The van der Waals surface area contributed by atoms with Gasteiger partial charge in [-0.05, 0) is 6.07 Å². The van der Waals surface area contributed by atoms with Gasteiger partial charge in [-0.15, -0.1) is 0 Å². The fraction of sp³-hybridized carbons (Fsp3) is 0.300. The number of hydrogen-bond donors (Lipinski definition) is 2. The van der Waals surface area contributed by atoms with Gasteiger partial charge in [-0.3, -0.25) is 14.9 Å². The van der Waals surface area contributed by atoms with E-state index in [9.17, 15) is 14.9 Å². The Morgan fingerprint density at radius 3 is 2.76 bits per heavy atom. The summed E-state index contributed by atoms with van der Waals surface area (Å²) >= 11 is 0. The zero-order chi connectivity index (χ0) is 12.8. The molecule has 0 aromatic heterocycles. The minimum Gasteiger partial charge on any atom is -0.493 e. The smallest absolute Gasteiger partial charge is 0.270 e. The maximum atomic E-state index is 10.5. The average molecular weight is 240 g/mol. The average Bonchev–Trinajstić information content (AvgIpc) is 2.28. The molecule has 7 nitrogen and oxygen atoms in total. The minimum atomic E-state index is -0.563. The molecule has 1 rings (SSSR count). The highest BCUT2D eigenvalue weighted by Crippen LogP contribution is 2.24. The summed E-state index contributed by atoms with van der Waals surface area (Å²) in [6.45, 7) is -0.312. The molecule has 0 unspecified atom stereocenters. The van der Waals surface area contributed by atoms with Crippen LogP contribution in [0.2, 0.25) is 0 Å². The maximum Gasteiger partial charge on any atom is 0.270 e. The van der Waals surface area contributed by atoms with Crippen LogP contribution in [0.1, 0.15) is 12.0 Å². The molecule has 1 aromatic carbocycles. The first kappa shape index (κ1) is 12.9. The summed E-state index contributed by atoms with van der Waals surface area (Å²) in [4.78, 5) is 20.4. The van der Waals surface area contributed by atoms with Crippen molar-refractivity contribution >= 4 is 11.6 Å². The van der Waals surface area contributed by atoms with E-state index in [1.807, 2.05) is 0 Å². The molecule has 0 bridgehead atoms. The van der Waals surface area contributed by atoms with Crippen LogP contribution in [-0.2, 0) is 11.4 Å². The predicted molar refractivity (Wildman–Crippen MR) is 58.3 cm³/mol. The Labute approximate surface area is 97.0 Å². The van der Waals surface area contributed by atoms with Crippen LogP contribution in [0.15, 0.2) is 18.2 Å². The lowest BCUT2D eigenvalue weighted by atomic mass is 10.2. The van der Waals surface area contributed by atoms with Gasteiger partial charge in [0.15, 0.2) is 0 Å². The Hall–Kier alpha value is -2.15. The Morgan fingerprint density at radius 1 is 1.53 bits per heavy atom. The highest BCUT2D eigenvalue weighted by atomic mass is 16.6. The molecule has 1 amide bonds. The number of nitrogens with two attached hydrogens (primary N) is 1. The first-order valence-electron chi connectivity index (χ1n) is 4.84. The molecule has 17 heavy (non-hydrogen) atoms. The van der Waals surface area contributed by atoms with E-state index in [1.165, 1.54) is 18.2 Å². The van der Waals surface area contributed by atoms with E-state index in [0.717, 1.165) is 0 Å². The molecule has 0 radical (unpaired) electrons. The highest BCUT2D eigenvalue weighted by Gasteiger charge is 2.11. The van der Waals surface area contributed by atoms with Crippen LogP contribution >= 0.6 is 0 Å². The summed E-state index contributed by atoms with van der Waals surface area (Å²) in [5.41, 5.74) is 5.10. The van der Waals surface area contributed by atoms with Crippen molar-refractivity contribution < 1.29 is 19.6 Å². The molecule has 3 N–H and O–H groups in total. The number of hydrogen-bond acceptors (Lipinski definition) is 5. The molecule has 0 fully saturated rings. The fourth-order valence-electron chi connectivity index (χ4n) is 1.21. The molecular formula is C10H12N2O5. The number of aliphatic hydroxyl groups excluding tert-OH is 1. The second-order valence-electron chi connectivity index (χ2n) is 3.27. The van der Waals surface area contributed by atoms with Gasteiger partial charge < -0.3 is 15.6 Å². The monoisotopic (exact) mass is 240 g/mol. The lowest BCUT2D eigenvalue weighted by molar-refractivity contribution is -0.385. The minimum absolute atomic E-state index is 0.0435. The lowest BCUT2D eigenvalue weighted by Crippen LogP contribution is -2.15. The van der Waals surface area contributed by atoms with Crippen LogP contribution in [0.4, 0.5) is 5.69 Å². The highest BCUT2D eigenvalue weighted by molar-refractivity contribution is 5.73. The van der Waals surface area contributed by atoms with E-state index in [-0.39, 0.29) is 25.3 Å². The molecule has 7 heteroatoms. The van der Waals surface area contributed by atoms with Crippen molar-refractivity contribution in [3.05, 3.63) is 33.9 Å². The summed E-state index contributed by atoms with van der Waals surface area (Å²) in [7, 11) is 0. The number of nitro groups is 1. The van der Waals surface area contributed by atoms with Crippen molar-refractivity contribution in [2.45, 2.75) is 13.0 Å². The molecule has 1 aromatic rings.